The Morgan fingerprint density at radius 3 is 2.68 bits per heavy atom. The molecule has 0 saturated heterocycles. The number of rotatable bonds is 8. The Labute approximate surface area is 214 Å². The molecule has 0 spiro atoms. The summed E-state index contributed by atoms with van der Waals surface area (Å²) < 4.78 is 36.0. The smallest absolute Gasteiger partial charge is 0.302 e. The molecular weight excluding hydrogens is 478 g/mol. The molecule has 5 rings (SSSR count). The lowest BCUT2D eigenvalue weighted by Crippen LogP contribution is -2.56. The highest BCUT2D eigenvalue weighted by atomic mass is 19.3. The van der Waals surface area contributed by atoms with Gasteiger partial charge < -0.3 is 21.5 Å². The van der Waals surface area contributed by atoms with Crippen molar-refractivity contribution in [3.05, 3.63) is 54.4 Å². The van der Waals surface area contributed by atoms with Crippen molar-refractivity contribution in [2.45, 2.75) is 62.7 Å². The number of anilines is 1. The zero-order valence-electron chi connectivity index (χ0n) is 20.5. The van der Waals surface area contributed by atoms with E-state index >= 15 is 0 Å². The number of para-hydroxylation sites is 1. The number of nitrogens with two attached hydrogens (primary N) is 2. The van der Waals surface area contributed by atoms with Gasteiger partial charge in [-0.2, -0.15) is 8.78 Å². The second-order valence-electron chi connectivity index (χ2n) is 10.0. The van der Waals surface area contributed by atoms with Gasteiger partial charge in [-0.1, -0.05) is 31.0 Å². The number of carbonyl (C=O) groups excluding carboxylic acids is 1. The Kier molecular flexibility index (Phi) is 7.21. The van der Waals surface area contributed by atoms with Gasteiger partial charge in [0.1, 0.15) is 11.6 Å². The topological polar surface area (TPSA) is 128 Å². The minimum absolute atomic E-state index is 0.0440. The van der Waals surface area contributed by atoms with E-state index in [0.717, 1.165) is 36.1 Å². The minimum atomic E-state index is -3.41. The molecule has 8 nitrogen and oxygen atoms in total. The van der Waals surface area contributed by atoms with Crippen molar-refractivity contribution < 1.29 is 18.3 Å². The summed E-state index contributed by atoms with van der Waals surface area (Å²) in [6.45, 7) is 0.666. The number of dihydropyridines is 1. The summed E-state index contributed by atoms with van der Waals surface area (Å²) in [5, 5.41) is 5.91. The molecule has 1 unspecified atom stereocenters. The van der Waals surface area contributed by atoms with Crippen LogP contribution in [0.15, 0.2) is 59.4 Å². The zero-order valence-corrected chi connectivity index (χ0v) is 20.5. The zero-order chi connectivity index (χ0) is 26.0. The normalized spacial score (nSPS) is 25.1. The number of ether oxygens (including phenoxy) is 1. The standard InChI is InChI=1S/C27H32F2N6O2/c28-27(29)12-20(24(31)36)25(35-26(27)34-22-7-3-2-6-21(22)30)33-18-11-17(13-32-14-18)19-5-1-4-8-23(19)37-15-16-9-10-16/h1,4-5,8,11-14,16,21-22,26,34H,2-3,6-7,9-10,15,30H2,(H2,31,36)(H,33,35)/t21-,22+,26?/m0/s1. The van der Waals surface area contributed by atoms with Crippen LogP contribution in [0.25, 0.3) is 11.1 Å². The maximum atomic E-state index is 15.0. The molecule has 2 heterocycles. The number of hydrogen-bond donors (Lipinski definition) is 4. The number of carbonyl (C=O) groups is 1. The largest absolute Gasteiger partial charge is 0.493 e. The number of nitrogens with one attached hydrogen (secondary N) is 2. The molecule has 0 bridgehead atoms. The molecular formula is C27H32F2N6O2. The number of pyridine rings is 1. The lowest BCUT2D eigenvalue weighted by Gasteiger charge is -2.35. The van der Waals surface area contributed by atoms with Crippen molar-refractivity contribution in [2.75, 3.05) is 11.9 Å². The first-order valence-electron chi connectivity index (χ1n) is 12.7. The molecule has 6 N–H and O–H groups in total. The molecule has 1 aromatic heterocycles. The van der Waals surface area contributed by atoms with Crippen LogP contribution in [0.4, 0.5) is 14.5 Å². The summed E-state index contributed by atoms with van der Waals surface area (Å²) in [7, 11) is 0. The number of benzene rings is 1. The molecule has 1 amide bonds. The Balaban J connectivity index is 1.40. The molecule has 1 aromatic carbocycles. The van der Waals surface area contributed by atoms with Gasteiger partial charge in [0.25, 0.3) is 5.91 Å². The molecule has 2 saturated carbocycles. The number of aliphatic imine (C=N–C) groups is 1. The molecule has 2 aromatic rings. The van der Waals surface area contributed by atoms with Gasteiger partial charge in [0.15, 0.2) is 6.17 Å². The van der Waals surface area contributed by atoms with Crippen LogP contribution in [-0.2, 0) is 4.79 Å². The van der Waals surface area contributed by atoms with E-state index in [9.17, 15) is 13.6 Å². The molecule has 37 heavy (non-hydrogen) atoms. The number of hydrogen-bond acceptors (Lipinski definition) is 7. The fourth-order valence-electron chi connectivity index (χ4n) is 4.74. The molecule has 2 fully saturated rings. The lowest BCUT2D eigenvalue weighted by atomic mass is 9.90. The molecule has 0 radical (unpaired) electrons. The highest BCUT2D eigenvalue weighted by Gasteiger charge is 2.44. The van der Waals surface area contributed by atoms with Gasteiger partial charge in [-0.25, -0.2) is 4.99 Å². The van der Waals surface area contributed by atoms with E-state index in [1.165, 1.54) is 19.0 Å². The first kappa shape index (κ1) is 25.3. The van der Waals surface area contributed by atoms with Crippen molar-refractivity contribution in [2.24, 2.45) is 22.4 Å². The minimum Gasteiger partial charge on any atom is -0.493 e. The molecule has 196 valence electrons. The van der Waals surface area contributed by atoms with Crippen molar-refractivity contribution in [1.82, 2.24) is 10.3 Å². The summed E-state index contributed by atoms with van der Waals surface area (Å²) in [6.07, 6.45) is 7.92. The van der Waals surface area contributed by atoms with Crippen LogP contribution in [0, 0.1) is 5.92 Å². The van der Waals surface area contributed by atoms with Gasteiger partial charge in [0, 0.05) is 35.5 Å². The molecule has 1 aliphatic heterocycles. The van der Waals surface area contributed by atoms with E-state index in [1.807, 2.05) is 24.3 Å². The summed E-state index contributed by atoms with van der Waals surface area (Å²) in [5.74, 6) is -3.11. The number of amides is 1. The maximum absolute atomic E-state index is 15.0. The van der Waals surface area contributed by atoms with E-state index in [-0.39, 0.29) is 23.5 Å². The molecule has 3 atom stereocenters. The number of aromatic nitrogens is 1. The quantitative estimate of drug-likeness (QED) is 0.430. The number of amidine groups is 1. The van der Waals surface area contributed by atoms with Crippen LogP contribution < -0.4 is 26.8 Å². The first-order valence-corrected chi connectivity index (χ1v) is 12.7. The van der Waals surface area contributed by atoms with Crippen LogP contribution in [0.2, 0.25) is 0 Å². The predicted molar refractivity (Wildman–Crippen MR) is 138 cm³/mol. The van der Waals surface area contributed by atoms with Gasteiger partial charge in [0.2, 0.25) is 0 Å². The van der Waals surface area contributed by atoms with E-state index < -0.39 is 18.0 Å². The van der Waals surface area contributed by atoms with E-state index in [2.05, 4.69) is 20.6 Å². The average Bonchev–Trinajstić information content (AvgIpc) is 3.71. The first-order chi connectivity index (χ1) is 17.8. The second-order valence-corrected chi connectivity index (χ2v) is 10.0. The fourth-order valence-corrected chi connectivity index (χ4v) is 4.74. The summed E-state index contributed by atoms with van der Waals surface area (Å²) >= 11 is 0. The fraction of sp³-hybridized carbons (Fsp3) is 0.444. The lowest BCUT2D eigenvalue weighted by molar-refractivity contribution is -0.114. The third-order valence-corrected chi connectivity index (χ3v) is 7.04. The van der Waals surface area contributed by atoms with Crippen LogP contribution in [0.5, 0.6) is 5.75 Å². The Morgan fingerprint density at radius 1 is 1.14 bits per heavy atom. The summed E-state index contributed by atoms with van der Waals surface area (Å²) in [5.41, 5.74) is 13.3. The third-order valence-electron chi connectivity index (χ3n) is 7.04. The van der Waals surface area contributed by atoms with Crippen molar-refractivity contribution >= 4 is 17.4 Å². The number of primary amides is 1. The molecule has 10 heteroatoms. The highest BCUT2D eigenvalue weighted by Crippen LogP contribution is 2.35. The van der Waals surface area contributed by atoms with Crippen molar-refractivity contribution in [1.29, 1.82) is 0 Å². The molecule has 2 aliphatic carbocycles. The van der Waals surface area contributed by atoms with E-state index in [4.69, 9.17) is 16.2 Å². The summed E-state index contributed by atoms with van der Waals surface area (Å²) in [6, 6.07) is 8.94. The van der Waals surface area contributed by atoms with Gasteiger partial charge >= 0.3 is 5.92 Å². The van der Waals surface area contributed by atoms with Crippen molar-refractivity contribution in [3.8, 4) is 16.9 Å². The SMILES string of the molecule is NC(=O)C1=CC(F)(F)C(N[C@@H]2CCCC[C@@H]2N)N=C1Nc1cncc(-c2ccccc2OCC2CC2)c1. The number of halogens is 2. The van der Waals surface area contributed by atoms with Gasteiger partial charge in [-0.05, 0) is 43.7 Å². The van der Waals surface area contributed by atoms with Crippen molar-refractivity contribution in [3.63, 3.8) is 0 Å². The monoisotopic (exact) mass is 510 g/mol. The predicted octanol–water partition coefficient (Wildman–Crippen LogP) is 3.59. The Bertz CT molecular complexity index is 1210. The van der Waals surface area contributed by atoms with E-state index in [0.29, 0.717) is 30.7 Å². The number of nitrogens with zero attached hydrogens (tertiary/aromatic N) is 2. The van der Waals surface area contributed by atoms with E-state index in [1.54, 1.807) is 12.3 Å². The van der Waals surface area contributed by atoms with Crippen LogP contribution in [-0.4, -0.2) is 47.5 Å². The average molecular weight is 511 g/mol. The number of alkyl halides is 2. The highest BCUT2D eigenvalue weighted by molar-refractivity contribution is 6.25. The maximum Gasteiger partial charge on any atom is 0.302 e. The third kappa shape index (κ3) is 5.97. The summed E-state index contributed by atoms with van der Waals surface area (Å²) in [4.78, 5) is 20.6. The van der Waals surface area contributed by atoms with Crippen LogP contribution in [0.3, 0.4) is 0 Å². The second kappa shape index (κ2) is 10.5. The van der Waals surface area contributed by atoms with Gasteiger partial charge in [-0.3, -0.25) is 15.1 Å². The van der Waals surface area contributed by atoms with Crippen LogP contribution in [0.1, 0.15) is 38.5 Å². The van der Waals surface area contributed by atoms with Gasteiger partial charge in [-0.15, -0.1) is 0 Å². The van der Waals surface area contributed by atoms with Gasteiger partial charge in [0.05, 0.1) is 24.1 Å². The van der Waals surface area contributed by atoms with Crippen LogP contribution >= 0.6 is 0 Å². The Hall–Kier alpha value is -3.37. The Morgan fingerprint density at radius 2 is 1.92 bits per heavy atom. The molecule has 3 aliphatic rings.